The SMILES string of the molecule is CC(C)(C)OC(=O)N[C@H]1CS(=O)(=O)C2=C(C1=O)C(Cc1ccc(C#N)cc1)=CC(c1cnnc(C3(C(F)(F)F)CC3)c1)=C(F)N2. The number of halogens is 4. The molecule has 1 amide bonds. The molecule has 1 aliphatic carbocycles. The predicted molar refractivity (Wildman–Crippen MR) is 152 cm³/mol. The van der Waals surface area contributed by atoms with Crippen LogP contribution in [0.1, 0.15) is 56.0 Å². The van der Waals surface area contributed by atoms with E-state index in [0.717, 1.165) is 12.3 Å². The van der Waals surface area contributed by atoms with E-state index in [1.165, 1.54) is 18.2 Å². The molecule has 10 nitrogen and oxygen atoms in total. The number of sulfone groups is 1. The normalized spacial score (nSPS) is 20.7. The molecule has 2 aromatic rings. The number of carbonyl (C=O) groups is 2. The summed E-state index contributed by atoms with van der Waals surface area (Å²) in [5.74, 6) is -3.00. The van der Waals surface area contributed by atoms with Crippen molar-refractivity contribution in [2.45, 2.75) is 63.3 Å². The summed E-state index contributed by atoms with van der Waals surface area (Å²) in [7, 11) is -4.45. The lowest BCUT2D eigenvalue weighted by Gasteiger charge is -2.28. The molecule has 0 radical (unpaired) electrons. The van der Waals surface area contributed by atoms with E-state index < -0.39 is 72.9 Å². The molecule has 2 N–H and O–H groups in total. The van der Waals surface area contributed by atoms with Gasteiger partial charge in [0, 0.05) is 11.1 Å². The van der Waals surface area contributed by atoms with Gasteiger partial charge in [-0.1, -0.05) is 12.1 Å². The van der Waals surface area contributed by atoms with Gasteiger partial charge in [0.15, 0.2) is 21.6 Å². The summed E-state index contributed by atoms with van der Waals surface area (Å²) in [6.07, 6.45) is -4.05. The summed E-state index contributed by atoms with van der Waals surface area (Å²) in [5.41, 5.74) is -3.71. The van der Waals surface area contributed by atoms with Gasteiger partial charge in [0.2, 0.25) is 0 Å². The van der Waals surface area contributed by atoms with E-state index in [-0.39, 0.29) is 36.0 Å². The third kappa shape index (κ3) is 6.32. The van der Waals surface area contributed by atoms with Gasteiger partial charge in [0.05, 0.1) is 34.8 Å². The topological polar surface area (TPSA) is 151 Å². The van der Waals surface area contributed by atoms with Crippen molar-refractivity contribution in [3.8, 4) is 6.07 Å². The van der Waals surface area contributed by atoms with Gasteiger partial charge in [-0.3, -0.25) is 4.79 Å². The van der Waals surface area contributed by atoms with Gasteiger partial charge in [0.25, 0.3) is 0 Å². The van der Waals surface area contributed by atoms with Gasteiger partial charge >= 0.3 is 12.3 Å². The van der Waals surface area contributed by atoms with Crippen molar-refractivity contribution in [1.29, 1.82) is 5.26 Å². The molecular formula is C30H27F4N5O5S. The van der Waals surface area contributed by atoms with Crippen molar-refractivity contribution in [3.63, 3.8) is 0 Å². The van der Waals surface area contributed by atoms with E-state index in [2.05, 4.69) is 20.8 Å². The van der Waals surface area contributed by atoms with Crippen molar-refractivity contribution in [2.24, 2.45) is 0 Å². The van der Waals surface area contributed by atoms with Crippen molar-refractivity contribution in [3.05, 3.63) is 87.1 Å². The highest BCUT2D eigenvalue weighted by atomic mass is 32.2. The van der Waals surface area contributed by atoms with Crippen LogP contribution in [0.2, 0.25) is 0 Å². The molecule has 236 valence electrons. The number of nitrogens with one attached hydrogen (secondary N) is 2. The summed E-state index contributed by atoms with van der Waals surface area (Å²) in [5, 5.41) is 20.2. The van der Waals surface area contributed by atoms with Crippen LogP contribution in [0.5, 0.6) is 0 Å². The van der Waals surface area contributed by atoms with Crippen LogP contribution in [0.25, 0.3) is 5.57 Å². The van der Waals surface area contributed by atoms with Crippen LogP contribution in [0.4, 0.5) is 22.4 Å². The zero-order valence-electron chi connectivity index (χ0n) is 24.3. The first-order valence-corrected chi connectivity index (χ1v) is 15.4. The largest absolute Gasteiger partial charge is 0.444 e. The van der Waals surface area contributed by atoms with Gasteiger partial charge < -0.3 is 15.4 Å². The molecular weight excluding hydrogens is 618 g/mol. The van der Waals surface area contributed by atoms with Gasteiger partial charge in [-0.25, -0.2) is 13.2 Å². The Balaban J connectivity index is 1.63. The number of Topliss-reactive ketones (excluding diaryl/α,β-unsaturated/α-hetero) is 1. The molecule has 1 saturated carbocycles. The minimum Gasteiger partial charge on any atom is -0.444 e. The molecule has 45 heavy (non-hydrogen) atoms. The lowest BCUT2D eigenvalue weighted by molar-refractivity contribution is -0.161. The number of alkyl halides is 3. The first kappa shape index (κ1) is 31.8. The molecule has 1 aromatic carbocycles. The number of allylic oxidation sites excluding steroid dienone is 3. The molecule has 2 aliphatic heterocycles. The quantitative estimate of drug-likeness (QED) is 0.355. The number of hydrogen-bond donors (Lipinski definition) is 2. The maximum atomic E-state index is 15.9. The Bertz CT molecular complexity index is 1830. The fourth-order valence-corrected chi connectivity index (χ4v) is 6.75. The summed E-state index contributed by atoms with van der Waals surface area (Å²) < 4.78 is 89.7. The summed E-state index contributed by atoms with van der Waals surface area (Å²) in [6, 6.07) is 7.54. The zero-order valence-corrected chi connectivity index (χ0v) is 25.1. The summed E-state index contributed by atoms with van der Waals surface area (Å²) in [6.45, 7) is 4.74. The monoisotopic (exact) mass is 645 g/mol. The Morgan fingerprint density at radius 2 is 1.87 bits per heavy atom. The predicted octanol–water partition coefficient (Wildman–Crippen LogP) is 4.45. The molecule has 5 rings (SSSR count). The van der Waals surface area contributed by atoms with Crippen LogP contribution < -0.4 is 10.6 Å². The van der Waals surface area contributed by atoms with E-state index in [1.54, 1.807) is 32.9 Å². The maximum absolute atomic E-state index is 15.9. The lowest BCUT2D eigenvalue weighted by atomic mass is 9.90. The minimum atomic E-state index is -4.62. The highest BCUT2D eigenvalue weighted by Gasteiger charge is 2.65. The average molecular weight is 646 g/mol. The van der Waals surface area contributed by atoms with Crippen LogP contribution in [-0.2, 0) is 31.2 Å². The van der Waals surface area contributed by atoms with Crippen LogP contribution >= 0.6 is 0 Å². The fourth-order valence-electron chi connectivity index (χ4n) is 5.12. The molecule has 1 aromatic heterocycles. The lowest BCUT2D eigenvalue weighted by Crippen LogP contribution is -2.51. The standard InChI is InChI=1S/C30H27F4N5O5S/c1-28(2,3)44-27(41)37-21-15-45(42,43)26-23(24(21)40)18(10-16-4-6-17(13-35)7-5-16)11-20(25(31)38-26)19-12-22(39-36-14-19)29(8-9-29)30(32,33)34/h4-7,11-12,14,21,38H,8-10,15H2,1-3H3,(H,37,41)/t21-/m0/s1. The number of nitrogens with zero attached hydrogens (tertiary/aromatic N) is 3. The Hall–Kier alpha value is -4.58. The second-order valence-electron chi connectivity index (χ2n) is 12.0. The summed E-state index contributed by atoms with van der Waals surface area (Å²) in [4.78, 5) is 26.4. The highest BCUT2D eigenvalue weighted by Crippen LogP contribution is 2.58. The number of rotatable bonds is 5. The first-order chi connectivity index (χ1) is 20.9. The number of hydrogen-bond acceptors (Lipinski definition) is 9. The number of benzene rings is 1. The number of alkyl carbamates (subject to hydrolysis) is 1. The molecule has 1 atom stereocenters. The van der Waals surface area contributed by atoms with Crippen LogP contribution in [0, 0.1) is 11.3 Å². The molecule has 0 saturated heterocycles. The number of nitriles is 1. The van der Waals surface area contributed by atoms with Crippen molar-refractivity contribution < 1.29 is 40.3 Å². The Labute approximate surface area is 255 Å². The van der Waals surface area contributed by atoms with E-state index in [1.807, 2.05) is 6.07 Å². The molecule has 15 heteroatoms. The van der Waals surface area contributed by atoms with E-state index in [0.29, 0.717) is 11.1 Å². The number of ketones is 1. The number of carbonyl (C=O) groups excluding carboxylic acids is 2. The van der Waals surface area contributed by atoms with Crippen molar-refractivity contribution in [2.75, 3.05) is 5.75 Å². The Morgan fingerprint density at radius 1 is 1.20 bits per heavy atom. The Kier molecular flexibility index (Phi) is 7.85. The van der Waals surface area contributed by atoms with E-state index in [4.69, 9.17) is 10.00 Å². The molecule has 0 spiro atoms. The van der Waals surface area contributed by atoms with Gasteiger partial charge in [-0.05, 0) is 75.4 Å². The third-order valence-electron chi connectivity index (χ3n) is 7.50. The fraction of sp³-hybridized carbons (Fsp3) is 0.367. The van der Waals surface area contributed by atoms with Gasteiger partial charge in [-0.2, -0.15) is 33.0 Å². The molecule has 3 aliphatic rings. The van der Waals surface area contributed by atoms with Crippen LogP contribution in [-0.4, -0.2) is 54.1 Å². The third-order valence-corrected chi connectivity index (χ3v) is 9.20. The first-order valence-electron chi connectivity index (χ1n) is 13.7. The van der Waals surface area contributed by atoms with Crippen molar-refractivity contribution in [1.82, 2.24) is 20.8 Å². The molecule has 3 heterocycles. The van der Waals surface area contributed by atoms with E-state index >= 15 is 4.39 Å². The molecule has 0 unspecified atom stereocenters. The van der Waals surface area contributed by atoms with Crippen LogP contribution in [0.3, 0.4) is 0 Å². The second kappa shape index (κ2) is 11.1. The highest BCUT2D eigenvalue weighted by molar-refractivity contribution is 7.95. The number of ether oxygens (including phenoxy) is 1. The summed E-state index contributed by atoms with van der Waals surface area (Å²) >= 11 is 0. The zero-order chi connectivity index (χ0) is 32.9. The van der Waals surface area contributed by atoms with Crippen molar-refractivity contribution >= 4 is 27.3 Å². The van der Waals surface area contributed by atoms with Crippen LogP contribution in [0.15, 0.2) is 64.7 Å². The Morgan fingerprint density at radius 3 is 2.44 bits per heavy atom. The number of aromatic nitrogens is 2. The van der Waals surface area contributed by atoms with E-state index in [9.17, 15) is 31.2 Å². The smallest absolute Gasteiger partial charge is 0.408 e. The molecule has 0 bridgehead atoms. The van der Waals surface area contributed by atoms with Gasteiger partial charge in [0.1, 0.15) is 22.1 Å². The average Bonchev–Trinajstić information content (AvgIpc) is 3.77. The van der Waals surface area contributed by atoms with Gasteiger partial charge in [-0.15, -0.1) is 0 Å². The number of amides is 1. The second-order valence-corrected chi connectivity index (χ2v) is 13.9. The minimum absolute atomic E-state index is 0.00978. The maximum Gasteiger partial charge on any atom is 0.408 e. The molecule has 1 fully saturated rings.